The minimum atomic E-state index is -0.358. The molecule has 1 N–H and O–H groups in total. The maximum Gasteiger partial charge on any atom is 0.162 e. The SMILES string of the molecule is CC1(C)CC(=O)C2=C(C1)NC1=C(C(=O)CC(C)(C)C1)C2c1cccc(OCc2cccc(Cl)c2)c1. The molecule has 182 valence electrons. The fourth-order valence-corrected chi connectivity index (χ4v) is 6.01. The van der Waals surface area contributed by atoms with Crippen molar-refractivity contribution >= 4 is 23.2 Å². The van der Waals surface area contributed by atoms with Gasteiger partial charge in [0.2, 0.25) is 0 Å². The normalized spacial score (nSPS) is 21.4. The maximum absolute atomic E-state index is 13.5. The Morgan fingerprint density at radius 3 is 2.06 bits per heavy atom. The van der Waals surface area contributed by atoms with E-state index in [1.165, 1.54) is 0 Å². The third-order valence-electron chi connectivity index (χ3n) is 7.21. The number of rotatable bonds is 4. The first-order chi connectivity index (χ1) is 16.5. The molecular weight excluding hydrogens is 458 g/mol. The van der Waals surface area contributed by atoms with E-state index in [2.05, 4.69) is 33.0 Å². The van der Waals surface area contributed by atoms with Crippen LogP contribution in [-0.2, 0) is 16.2 Å². The van der Waals surface area contributed by atoms with Gasteiger partial charge in [-0.05, 0) is 59.1 Å². The van der Waals surface area contributed by atoms with Crippen molar-refractivity contribution in [3.63, 3.8) is 0 Å². The topological polar surface area (TPSA) is 55.4 Å². The van der Waals surface area contributed by atoms with Crippen molar-refractivity contribution < 1.29 is 14.3 Å². The number of ether oxygens (including phenoxy) is 1. The van der Waals surface area contributed by atoms with Crippen LogP contribution in [0.2, 0.25) is 5.02 Å². The first-order valence-electron chi connectivity index (χ1n) is 12.3. The van der Waals surface area contributed by atoms with Crippen LogP contribution in [0.25, 0.3) is 0 Å². The number of dihydropyridines is 1. The van der Waals surface area contributed by atoms with Gasteiger partial charge in [-0.1, -0.05) is 63.6 Å². The molecule has 1 aliphatic heterocycles. The highest BCUT2D eigenvalue weighted by atomic mass is 35.5. The van der Waals surface area contributed by atoms with Gasteiger partial charge in [0.05, 0.1) is 0 Å². The molecule has 0 unspecified atom stereocenters. The van der Waals surface area contributed by atoms with E-state index in [-0.39, 0.29) is 28.3 Å². The highest BCUT2D eigenvalue weighted by Crippen LogP contribution is 2.51. The molecule has 0 amide bonds. The third-order valence-corrected chi connectivity index (χ3v) is 7.44. The van der Waals surface area contributed by atoms with Gasteiger partial charge in [0.15, 0.2) is 11.6 Å². The Hall–Kier alpha value is -2.85. The number of hydrogen-bond acceptors (Lipinski definition) is 4. The van der Waals surface area contributed by atoms with Crippen molar-refractivity contribution in [3.05, 3.63) is 87.2 Å². The number of Topliss-reactive ketones (excluding diaryl/α,β-unsaturated/α-hetero) is 2. The summed E-state index contributed by atoms with van der Waals surface area (Å²) in [5.74, 6) is 0.604. The number of halogens is 1. The number of ketones is 2. The van der Waals surface area contributed by atoms with E-state index >= 15 is 0 Å². The Morgan fingerprint density at radius 2 is 1.46 bits per heavy atom. The number of allylic oxidation sites excluding steroid dienone is 4. The lowest BCUT2D eigenvalue weighted by Crippen LogP contribution is -2.42. The standard InChI is InChI=1S/C30H32ClNO3/c1-29(2)13-22-27(24(33)15-29)26(28-23(32-22)14-30(3,4)16-25(28)34)19-8-6-10-21(12-19)35-17-18-7-5-9-20(31)11-18/h5-12,26,32H,13-17H2,1-4H3. The van der Waals surface area contributed by atoms with Crippen LogP contribution >= 0.6 is 11.6 Å². The fraction of sp³-hybridized carbons (Fsp3) is 0.400. The quantitative estimate of drug-likeness (QED) is 0.508. The van der Waals surface area contributed by atoms with Crippen LogP contribution < -0.4 is 10.1 Å². The zero-order valence-corrected chi connectivity index (χ0v) is 21.6. The molecule has 0 saturated heterocycles. The van der Waals surface area contributed by atoms with E-state index in [1.54, 1.807) is 0 Å². The molecule has 0 radical (unpaired) electrons. The molecule has 5 rings (SSSR count). The summed E-state index contributed by atoms with van der Waals surface area (Å²) in [5, 5.41) is 4.24. The van der Waals surface area contributed by atoms with Gasteiger partial charge < -0.3 is 10.1 Å². The molecule has 0 bridgehead atoms. The van der Waals surface area contributed by atoms with Gasteiger partial charge >= 0.3 is 0 Å². The molecule has 0 saturated carbocycles. The summed E-state index contributed by atoms with van der Waals surface area (Å²) in [7, 11) is 0. The third kappa shape index (κ3) is 4.81. The predicted molar refractivity (Wildman–Crippen MR) is 138 cm³/mol. The molecule has 5 heteroatoms. The minimum absolute atomic E-state index is 0.109. The average molecular weight is 490 g/mol. The van der Waals surface area contributed by atoms with Gasteiger partial charge in [-0.15, -0.1) is 0 Å². The van der Waals surface area contributed by atoms with Crippen molar-refractivity contribution in [1.82, 2.24) is 5.32 Å². The van der Waals surface area contributed by atoms with Crippen LogP contribution in [0.4, 0.5) is 0 Å². The van der Waals surface area contributed by atoms with E-state index in [1.807, 2.05) is 48.5 Å². The number of carbonyl (C=O) groups is 2. The number of carbonyl (C=O) groups excluding carboxylic acids is 2. The Balaban J connectivity index is 1.55. The second kappa shape index (κ2) is 8.67. The van der Waals surface area contributed by atoms with E-state index in [0.29, 0.717) is 30.2 Å². The summed E-state index contributed by atoms with van der Waals surface area (Å²) in [4.78, 5) is 27.0. The summed E-state index contributed by atoms with van der Waals surface area (Å²) in [6.45, 7) is 8.93. The number of hydrogen-bond donors (Lipinski definition) is 1. The zero-order chi connectivity index (χ0) is 25.0. The lowest BCUT2D eigenvalue weighted by atomic mass is 9.64. The molecule has 35 heavy (non-hydrogen) atoms. The zero-order valence-electron chi connectivity index (χ0n) is 20.8. The second-order valence-electron chi connectivity index (χ2n) is 11.7. The van der Waals surface area contributed by atoms with Gasteiger partial charge in [0.25, 0.3) is 0 Å². The minimum Gasteiger partial charge on any atom is -0.489 e. The second-order valence-corrected chi connectivity index (χ2v) is 12.2. The van der Waals surface area contributed by atoms with Crippen LogP contribution in [0.3, 0.4) is 0 Å². The molecule has 0 spiro atoms. The Morgan fingerprint density at radius 1 is 0.857 bits per heavy atom. The molecule has 4 nitrogen and oxygen atoms in total. The summed E-state index contributed by atoms with van der Waals surface area (Å²) < 4.78 is 6.09. The molecule has 1 heterocycles. The smallest absolute Gasteiger partial charge is 0.162 e. The maximum atomic E-state index is 13.5. The first-order valence-corrected chi connectivity index (χ1v) is 12.7. The van der Waals surface area contributed by atoms with E-state index in [4.69, 9.17) is 16.3 Å². The van der Waals surface area contributed by atoms with Gasteiger partial charge in [-0.25, -0.2) is 0 Å². The van der Waals surface area contributed by atoms with Gasteiger partial charge in [0.1, 0.15) is 12.4 Å². The summed E-state index contributed by atoms with van der Waals surface area (Å²) >= 11 is 6.12. The van der Waals surface area contributed by atoms with Gasteiger partial charge in [0, 0.05) is 46.3 Å². The van der Waals surface area contributed by atoms with E-state index < -0.39 is 0 Å². The lowest BCUT2D eigenvalue weighted by molar-refractivity contribution is -0.119. The summed E-state index contributed by atoms with van der Waals surface area (Å²) in [5.41, 5.74) is 5.15. The summed E-state index contributed by atoms with van der Waals surface area (Å²) in [6, 6.07) is 15.5. The van der Waals surface area contributed by atoms with Crippen molar-refractivity contribution in [2.75, 3.05) is 0 Å². The molecule has 0 aromatic heterocycles. The van der Waals surface area contributed by atoms with Crippen LogP contribution in [0.5, 0.6) is 5.75 Å². The lowest BCUT2D eigenvalue weighted by Gasteiger charge is -2.44. The summed E-state index contributed by atoms with van der Waals surface area (Å²) in [6.07, 6.45) is 2.55. The number of nitrogens with one attached hydrogen (secondary N) is 1. The van der Waals surface area contributed by atoms with Crippen molar-refractivity contribution in [3.8, 4) is 5.75 Å². The first kappa shape index (κ1) is 23.9. The molecule has 2 aliphatic carbocycles. The van der Waals surface area contributed by atoms with Crippen LogP contribution in [0.15, 0.2) is 71.1 Å². The van der Waals surface area contributed by atoms with Gasteiger partial charge in [-0.3, -0.25) is 9.59 Å². The molecule has 2 aromatic carbocycles. The molecular formula is C30H32ClNO3. The Kier molecular flexibility index (Phi) is 5.91. The molecule has 0 fully saturated rings. The monoisotopic (exact) mass is 489 g/mol. The van der Waals surface area contributed by atoms with E-state index in [0.717, 1.165) is 46.5 Å². The van der Waals surface area contributed by atoms with E-state index in [9.17, 15) is 9.59 Å². The van der Waals surface area contributed by atoms with Crippen LogP contribution in [-0.4, -0.2) is 11.6 Å². The highest BCUT2D eigenvalue weighted by Gasteiger charge is 2.46. The molecule has 3 aliphatic rings. The van der Waals surface area contributed by atoms with Crippen molar-refractivity contribution in [1.29, 1.82) is 0 Å². The van der Waals surface area contributed by atoms with Crippen molar-refractivity contribution in [2.24, 2.45) is 10.8 Å². The Bertz CT molecular complexity index is 1230. The molecule has 2 aromatic rings. The van der Waals surface area contributed by atoms with Crippen molar-refractivity contribution in [2.45, 2.75) is 65.9 Å². The number of benzene rings is 2. The highest BCUT2D eigenvalue weighted by molar-refractivity contribution is 6.30. The average Bonchev–Trinajstić information content (AvgIpc) is 2.75. The van der Waals surface area contributed by atoms with Crippen LogP contribution in [0.1, 0.15) is 70.4 Å². The fourth-order valence-electron chi connectivity index (χ4n) is 5.80. The largest absolute Gasteiger partial charge is 0.489 e. The van der Waals surface area contributed by atoms with Gasteiger partial charge in [-0.2, -0.15) is 0 Å². The van der Waals surface area contributed by atoms with Crippen LogP contribution in [0, 0.1) is 10.8 Å². The predicted octanol–water partition coefficient (Wildman–Crippen LogP) is 6.89. The Labute approximate surface area is 212 Å². The molecule has 0 atom stereocenters.